The molecule has 1 unspecified atom stereocenters. The van der Waals surface area contributed by atoms with Gasteiger partial charge in [0.05, 0.1) is 12.5 Å². The highest BCUT2D eigenvalue weighted by Crippen LogP contribution is 2.24. The fourth-order valence-electron chi connectivity index (χ4n) is 2.87. The first-order chi connectivity index (χ1) is 12.0. The summed E-state index contributed by atoms with van der Waals surface area (Å²) in [5.74, 6) is -0.722. The molecule has 1 fully saturated rings. The minimum atomic E-state index is -1.07. The Morgan fingerprint density at radius 1 is 1.24 bits per heavy atom. The number of anilines is 2. The molecule has 0 spiro atoms. The van der Waals surface area contributed by atoms with Crippen LogP contribution in [0.1, 0.15) is 30.9 Å². The number of carbonyl (C=O) groups excluding carboxylic acids is 2. The zero-order valence-electron chi connectivity index (χ0n) is 13.6. The minimum Gasteiger partial charge on any atom is -0.388 e. The summed E-state index contributed by atoms with van der Waals surface area (Å²) < 4.78 is 13.2. The summed E-state index contributed by atoms with van der Waals surface area (Å²) in [6.07, 6.45) is 0.180. The van der Waals surface area contributed by atoms with Gasteiger partial charge in [-0.15, -0.1) is 0 Å². The second-order valence-electron chi connectivity index (χ2n) is 6.02. The highest BCUT2D eigenvalue weighted by molar-refractivity contribution is 5.96. The second kappa shape index (κ2) is 7.44. The fraction of sp³-hybridized carbons (Fsp3) is 0.263. The molecular weight excluding hydrogens is 323 g/mol. The summed E-state index contributed by atoms with van der Waals surface area (Å²) in [6, 6.07) is 12.5. The molecule has 2 aromatic carbocycles. The van der Waals surface area contributed by atoms with Gasteiger partial charge in [0.2, 0.25) is 11.8 Å². The molecule has 25 heavy (non-hydrogen) atoms. The predicted octanol–water partition coefficient (Wildman–Crippen LogP) is 3.01. The van der Waals surface area contributed by atoms with E-state index < -0.39 is 11.9 Å². The highest BCUT2D eigenvalue weighted by atomic mass is 19.1. The highest BCUT2D eigenvalue weighted by Gasteiger charge is 2.21. The zero-order valence-corrected chi connectivity index (χ0v) is 13.6. The predicted molar refractivity (Wildman–Crippen MR) is 92.6 cm³/mol. The van der Waals surface area contributed by atoms with Gasteiger partial charge in [-0.3, -0.25) is 9.59 Å². The number of halogens is 1. The lowest BCUT2D eigenvalue weighted by atomic mass is 10.1. The van der Waals surface area contributed by atoms with Crippen LogP contribution >= 0.6 is 0 Å². The van der Waals surface area contributed by atoms with E-state index in [2.05, 4.69) is 5.32 Å². The van der Waals surface area contributed by atoms with Gasteiger partial charge in [0.1, 0.15) is 5.82 Å². The molecule has 2 amide bonds. The summed E-state index contributed by atoms with van der Waals surface area (Å²) in [5, 5.41) is 12.7. The van der Waals surface area contributed by atoms with Crippen LogP contribution < -0.4 is 10.2 Å². The maximum atomic E-state index is 13.2. The number of hydrogen-bond acceptors (Lipinski definition) is 3. The molecule has 0 saturated carbocycles. The van der Waals surface area contributed by atoms with E-state index in [-0.39, 0.29) is 18.2 Å². The van der Waals surface area contributed by atoms with Crippen molar-refractivity contribution in [3.63, 3.8) is 0 Å². The van der Waals surface area contributed by atoms with Gasteiger partial charge in [-0.1, -0.05) is 12.1 Å². The Kier molecular flexibility index (Phi) is 5.09. The number of aliphatic hydroxyl groups is 1. The Morgan fingerprint density at radius 3 is 2.64 bits per heavy atom. The number of rotatable bonds is 5. The number of benzene rings is 2. The fourth-order valence-corrected chi connectivity index (χ4v) is 2.87. The largest absolute Gasteiger partial charge is 0.388 e. The van der Waals surface area contributed by atoms with Crippen LogP contribution in [0.4, 0.5) is 15.8 Å². The summed E-state index contributed by atoms with van der Waals surface area (Å²) in [4.78, 5) is 25.5. The maximum Gasteiger partial charge on any atom is 0.227 e. The van der Waals surface area contributed by atoms with Gasteiger partial charge in [0.15, 0.2) is 0 Å². The third-order valence-corrected chi connectivity index (χ3v) is 4.15. The maximum absolute atomic E-state index is 13.2. The lowest BCUT2D eigenvalue weighted by molar-refractivity contribution is -0.118. The molecule has 3 rings (SSSR count). The summed E-state index contributed by atoms with van der Waals surface area (Å²) in [6.45, 7) is 0.713. The van der Waals surface area contributed by atoms with Crippen molar-refractivity contribution in [2.45, 2.75) is 25.4 Å². The Hall–Kier alpha value is -2.73. The van der Waals surface area contributed by atoms with E-state index in [0.29, 0.717) is 24.2 Å². The average molecular weight is 342 g/mol. The standard InChI is InChI=1S/C19H19FN2O3/c20-14-4-1-3-13(11-14)17(23)12-18(24)21-15-6-8-16(9-7-15)22-10-2-5-19(22)25/h1,3-4,6-9,11,17,23H,2,5,10,12H2,(H,21,24). The van der Waals surface area contributed by atoms with Crippen LogP contribution in [0.5, 0.6) is 0 Å². The SMILES string of the molecule is O=C(CC(O)c1cccc(F)c1)Nc1ccc(N2CCCC2=O)cc1. The molecular formula is C19H19FN2O3. The van der Waals surface area contributed by atoms with Crippen LogP contribution in [0, 0.1) is 5.82 Å². The van der Waals surface area contributed by atoms with E-state index in [1.54, 1.807) is 35.2 Å². The average Bonchev–Trinajstić information content (AvgIpc) is 3.01. The van der Waals surface area contributed by atoms with Gasteiger partial charge < -0.3 is 15.3 Å². The van der Waals surface area contributed by atoms with Crippen molar-refractivity contribution in [2.24, 2.45) is 0 Å². The molecule has 1 heterocycles. The van der Waals surface area contributed by atoms with E-state index in [4.69, 9.17) is 0 Å². The van der Waals surface area contributed by atoms with Crippen LogP contribution in [0.15, 0.2) is 48.5 Å². The van der Waals surface area contributed by atoms with Crippen LogP contribution in [0.25, 0.3) is 0 Å². The molecule has 130 valence electrons. The van der Waals surface area contributed by atoms with Crippen LogP contribution in [0.3, 0.4) is 0 Å². The van der Waals surface area contributed by atoms with Crippen molar-refractivity contribution in [2.75, 3.05) is 16.8 Å². The molecule has 0 bridgehead atoms. The third-order valence-electron chi connectivity index (χ3n) is 4.15. The number of nitrogens with one attached hydrogen (secondary N) is 1. The quantitative estimate of drug-likeness (QED) is 0.877. The number of hydrogen-bond donors (Lipinski definition) is 2. The van der Waals surface area contributed by atoms with Crippen molar-refractivity contribution in [3.05, 3.63) is 59.9 Å². The van der Waals surface area contributed by atoms with Crippen molar-refractivity contribution < 1.29 is 19.1 Å². The molecule has 1 saturated heterocycles. The molecule has 0 aliphatic carbocycles. The van der Waals surface area contributed by atoms with Crippen molar-refractivity contribution >= 4 is 23.2 Å². The molecule has 1 aliphatic rings. The lowest BCUT2D eigenvalue weighted by Gasteiger charge is -2.16. The molecule has 2 aromatic rings. The van der Waals surface area contributed by atoms with Crippen LogP contribution in [-0.4, -0.2) is 23.5 Å². The number of amides is 2. The summed E-state index contributed by atoms with van der Waals surface area (Å²) >= 11 is 0. The second-order valence-corrected chi connectivity index (χ2v) is 6.02. The van der Waals surface area contributed by atoms with Crippen molar-refractivity contribution in [1.29, 1.82) is 0 Å². The number of aliphatic hydroxyl groups excluding tert-OH is 1. The van der Waals surface area contributed by atoms with Gasteiger partial charge in [-0.2, -0.15) is 0 Å². The van der Waals surface area contributed by atoms with Crippen molar-refractivity contribution in [1.82, 2.24) is 0 Å². The molecule has 6 heteroatoms. The molecule has 1 atom stereocenters. The zero-order chi connectivity index (χ0) is 17.8. The molecule has 5 nitrogen and oxygen atoms in total. The smallest absolute Gasteiger partial charge is 0.227 e. The Morgan fingerprint density at radius 2 is 2.00 bits per heavy atom. The number of nitrogens with zero attached hydrogens (tertiary/aromatic N) is 1. The lowest BCUT2D eigenvalue weighted by Crippen LogP contribution is -2.23. The molecule has 0 radical (unpaired) electrons. The first-order valence-electron chi connectivity index (χ1n) is 8.17. The van der Waals surface area contributed by atoms with Crippen molar-refractivity contribution in [3.8, 4) is 0 Å². The van der Waals surface area contributed by atoms with E-state index in [0.717, 1.165) is 12.1 Å². The van der Waals surface area contributed by atoms with Gasteiger partial charge in [-0.25, -0.2) is 4.39 Å². The monoisotopic (exact) mass is 342 g/mol. The van der Waals surface area contributed by atoms with Gasteiger partial charge in [-0.05, 0) is 48.4 Å². The summed E-state index contributed by atoms with van der Waals surface area (Å²) in [5.41, 5.74) is 1.74. The van der Waals surface area contributed by atoms with Gasteiger partial charge in [0, 0.05) is 24.3 Å². The van der Waals surface area contributed by atoms with E-state index in [1.165, 1.54) is 18.2 Å². The Bertz CT molecular complexity index is 776. The normalized spacial score (nSPS) is 15.3. The molecule has 1 aliphatic heterocycles. The van der Waals surface area contributed by atoms with E-state index in [1.807, 2.05) is 0 Å². The van der Waals surface area contributed by atoms with E-state index in [9.17, 15) is 19.1 Å². The third kappa shape index (κ3) is 4.22. The minimum absolute atomic E-state index is 0.106. The van der Waals surface area contributed by atoms with Crippen LogP contribution in [0.2, 0.25) is 0 Å². The number of carbonyl (C=O) groups is 2. The topological polar surface area (TPSA) is 69.6 Å². The molecule has 2 N–H and O–H groups in total. The Labute approximate surface area is 145 Å². The Balaban J connectivity index is 1.58. The van der Waals surface area contributed by atoms with Gasteiger partial charge >= 0.3 is 0 Å². The first-order valence-corrected chi connectivity index (χ1v) is 8.17. The van der Waals surface area contributed by atoms with Gasteiger partial charge in [0.25, 0.3) is 0 Å². The summed E-state index contributed by atoms with van der Waals surface area (Å²) in [7, 11) is 0. The van der Waals surface area contributed by atoms with E-state index >= 15 is 0 Å². The van der Waals surface area contributed by atoms with Crippen LogP contribution in [-0.2, 0) is 9.59 Å². The first kappa shape index (κ1) is 17.1. The molecule has 0 aromatic heterocycles.